The molecule has 2 saturated heterocycles. The lowest BCUT2D eigenvalue weighted by Gasteiger charge is -2.44. The maximum atomic E-state index is 13.1. The summed E-state index contributed by atoms with van der Waals surface area (Å²) in [6, 6.07) is 0.547. The summed E-state index contributed by atoms with van der Waals surface area (Å²) in [7, 11) is 2.03. The Labute approximate surface area is 125 Å². The Hall–Kier alpha value is -1.36. The van der Waals surface area contributed by atoms with Gasteiger partial charge in [0, 0.05) is 32.0 Å². The van der Waals surface area contributed by atoms with E-state index in [4.69, 9.17) is 0 Å². The summed E-state index contributed by atoms with van der Waals surface area (Å²) >= 11 is 0. The topological polar surface area (TPSA) is 41.4 Å². The second-order valence-corrected chi connectivity index (χ2v) is 6.84. The van der Waals surface area contributed by atoms with Crippen molar-refractivity contribution >= 4 is 5.91 Å². The molecule has 1 spiro atoms. The Bertz CT molecular complexity index is 550. The molecule has 0 aromatic carbocycles. The van der Waals surface area contributed by atoms with Crippen LogP contribution in [-0.2, 0) is 18.4 Å². The molecule has 0 radical (unpaired) electrons. The van der Waals surface area contributed by atoms with E-state index in [2.05, 4.69) is 19.4 Å². The number of aromatic nitrogens is 2. The molecule has 21 heavy (non-hydrogen) atoms. The fraction of sp³-hybridized carbons (Fsp3) is 0.750. The zero-order chi connectivity index (χ0) is 14.4. The molecule has 1 amide bonds. The molecule has 114 valence electrons. The van der Waals surface area contributed by atoms with E-state index in [0.717, 1.165) is 51.1 Å². The molecule has 3 aliphatic rings. The predicted octanol–water partition coefficient (Wildman–Crippen LogP) is 1.54. The summed E-state index contributed by atoms with van der Waals surface area (Å²) in [5.74, 6) is 1.47. The van der Waals surface area contributed by atoms with Crippen LogP contribution in [0.2, 0.25) is 0 Å². The van der Waals surface area contributed by atoms with Crippen LogP contribution in [0, 0.1) is 0 Å². The van der Waals surface area contributed by atoms with Gasteiger partial charge in [-0.05, 0) is 45.1 Å². The van der Waals surface area contributed by atoms with Crippen LogP contribution in [0.4, 0.5) is 0 Å². The van der Waals surface area contributed by atoms with Crippen LogP contribution in [0.3, 0.4) is 0 Å². The number of likely N-dealkylation sites (tertiary alicyclic amines) is 2. The first-order chi connectivity index (χ1) is 10.2. The lowest BCUT2D eigenvalue weighted by molar-refractivity contribution is -0.148. The number of rotatable bonds is 3. The Kier molecular flexibility index (Phi) is 3.06. The van der Waals surface area contributed by atoms with Crippen LogP contribution >= 0.6 is 0 Å². The molecule has 0 N–H and O–H groups in total. The van der Waals surface area contributed by atoms with Gasteiger partial charge in [0.05, 0.1) is 6.54 Å². The molecule has 1 unspecified atom stereocenters. The van der Waals surface area contributed by atoms with Gasteiger partial charge in [-0.1, -0.05) is 0 Å². The summed E-state index contributed by atoms with van der Waals surface area (Å²) in [6.07, 6.45) is 10.6. The minimum absolute atomic E-state index is 0.229. The summed E-state index contributed by atoms with van der Waals surface area (Å²) in [6.45, 7) is 2.80. The van der Waals surface area contributed by atoms with Crippen LogP contribution < -0.4 is 0 Å². The molecule has 5 heteroatoms. The average Bonchev–Trinajstić information content (AvgIpc) is 3.13. The van der Waals surface area contributed by atoms with Gasteiger partial charge in [-0.25, -0.2) is 4.98 Å². The van der Waals surface area contributed by atoms with E-state index in [1.807, 2.05) is 19.4 Å². The third-order valence-corrected chi connectivity index (χ3v) is 5.51. The van der Waals surface area contributed by atoms with Gasteiger partial charge < -0.3 is 9.47 Å². The summed E-state index contributed by atoms with van der Waals surface area (Å²) < 4.78 is 2.07. The van der Waals surface area contributed by atoms with E-state index >= 15 is 0 Å². The van der Waals surface area contributed by atoms with E-state index in [1.165, 1.54) is 12.8 Å². The number of nitrogens with zero attached hydrogens (tertiary/aromatic N) is 4. The van der Waals surface area contributed by atoms with Crippen molar-refractivity contribution in [3.05, 3.63) is 18.2 Å². The van der Waals surface area contributed by atoms with Gasteiger partial charge in [-0.3, -0.25) is 9.69 Å². The second-order valence-electron chi connectivity index (χ2n) is 6.84. The number of amides is 1. The van der Waals surface area contributed by atoms with Gasteiger partial charge in [0.1, 0.15) is 11.4 Å². The Balaban J connectivity index is 1.59. The molecule has 5 nitrogen and oxygen atoms in total. The molecule has 3 fully saturated rings. The summed E-state index contributed by atoms with van der Waals surface area (Å²) in [4.78, 5) is 22.1. The first kappa shape index (κ1) is 13.3. The quantitative estimate of drug-likeness (QED) is 0.847. The van der Waals surface area contributed by atoms with E-state index in [9.17, 15) is 4.79 Å². The molecule has 1 atom stereocenters. The first-order valence-electron chi connectivity index (χ1n) is 8.23. The number of carbonyl (C=O) groups is 1. The molecule has 1 aromatic heterocycles. The average molecular weight is 288 g/mol. The van der Waals surface area contributed by atoms with Gasteiger partial charge in [-0.15, -0.1) is 0 Å². The van der Waals surface area contributed by atoms with Crippen molar-refractivity contribution in [2.75, 3.05) is 13.1 Å². The van der Waals surface area contributed by atoms with Crippen LogP contribution in [0.25, 0.3) is 0 Å². The Morgan fingerprint density at radius 3 is 2.71 bits per heavy atom. The molecular weight excluding hydrogens is 264 g/mol. The maximum Gasteiger partial charge on any atom is 0.243 e. The van der Waals surface area contributed by atoms with Gasteiger partial charge in [0.15, 0.2) is 0 Å². The molecule has 2 aliphatic heterocycles. The van der Waals surface area contributed by atoms with E-state index < -0.39 is 0 Å². The maximum absolute atomic E-state index is 13.1. The molecule has 1 aromatic rings. The van der Waals surface area contributed by atoms with Gasteiger partial charge >= 0.3 is 0 Å². The SMILES string of the molecule is Cn1ccnc1CN1CCCC12CCCN(C1CC1)C2=O. The van der Waals surface area contributed by atoms with E-state index in [0.29, 0.717) is 11.9 Å². The minimum Gasteiger partial charge on any atom is -0.338 e. The number of hydrogen-bond acceptors (Lipinski definition) is 3. The number of aryl methyl sites for hydroxylation is 1. The first-order valence-corrected chi connectivity index (χ1v) is 8.23. The zero-order valence-electron chi connectivity index (χ0n) is 12.8. The minimum atomic E-state index is -0.229. The highest BCUT2D eigenvalue weighted by Crippen LogP contribution is 2.42. The second kappa shape index (κ2) is 4.83. The summed E-state index contributed by atoms with van der Waals surface area (Å²) in [5.41, 5.74) is -0.229. The Morgan fingerprint density at radius 2 is 2.05 bits per heavy atom. The highest BCUT2D eigenvalue weighted by atomic mass is 16.2. The van der Waals surface area contributed by atoms with Crippen LogP contribution in [0.5, 0.6) is 0 Å². The molecule has 3 heterocycles. The third kappa shape index (κ3) is 2.09. The van der Waals surface area contributed by atoms with Crippen molar-refractivity contribution in [2.24, 2.45) is 7.05 Å². The number of carbonyl (C=O) groups excluding carboxylic acids is 1. The highest BCUT2D eigenvalue weighted by Gasteiger charge is 2.53. The lowest BCUT2D eigenvalue weighted by atomic mass is 9.85. The molecule has 1 saturated carbocycles. The zero-order valence-corrected chi connectivity index (χ0v) is 12.8. The molecule has 4 rings (SSSR count). The van der Waals surface area contributed by atoms with Crippen molar-refractivity contribution < 1.29 is 4.79 Å². The Morgan fingerprint density at radius 1 is 1.29 bits per heavy atom. The smallest absolute Gasteiger partial charge is 0.243 e. The van der Waals surface area contributed by atoms with Crippen molar-refractivity contribution in [3.63, 3.8) is 0 Å². The number of imidazole rings is 1. The van der Waals surface area contributed by atoms with Crippen molar-refractivity contribution in [2.45, 2.75) is 56.7 Å². The van der Waals surface area contributed by atoms with Gasteiger partial charge in [0.2, 0.25) is 5.91 Å². The number of hydrogen-bond donors (Lipinski definition) is 0. The van der Waals surface area contributed by atoms with Gasteiger partial charge in [0.25, 0.3) is 0 Å². The molecule has 1 aliphatic carbocycles. The van der Waals surface area contributed by atoms with Gasteiger partial charge in [-0.2, -0.15) is 0 Å². The normalized spacial score (nSPS) is 30.5. The van der Waals surface area contributed by atoms with E-state index in [1.54, 1.807) is 0 Å². The monoisotopic (exact) mass is 288 g/mol. The molecule has 0 bridgehead atoms. The van der Waals surface area contributed by atoms with Crippen molar-refractivity contribution in [1.82, 2.24) is 19.4 Å². The molecular formula is C16H24N4O. The fourth-order valence-electron chi connectivity index (χ4n) is 4.16. The summed E-state index contributed by atoms with van der Waals surface area (Å²) in [5, 5.41) is 0. The van der Waals surface area contributed by atoms with E-state index in [-0.39, 0.29) is 5.54 Å². The highest BCUT2D eigenvalue weighted by molar-refractivity contribution is 5.88. The van der Waals surface area contributed by atoms with Crippen molar-refractivity contribution in [1.29, 1.82) is 0 Å². The third-order valence-electron chi connectivity index (χ3n) is 5.51. The standard InChI is InChI=1S/C16H24N4O/c1-18-11-8-17-14(18)12-19-9-2-6-16(19)7-3-10-20(15(16)21)13-4-5-13/h8,11,13H,2-7,9-10,12H2,1H3. The van der Waals surface area contributed by atoms with Crippen LogP contribution in [0.15, 0.2) is 12.4 Å². The lowest BCUT2D eigenvalue weighted by Crippen LogP contribution is -2.60. The fourth-order valence-corrected chi connectivity index (χ4v) is 4.16. The van der Waals surface area contributed by atoms with Crippen LogP contribution in [-0.4, -0.2) is 49.9 Å². The predicted molar refractivity (Wildman–Crippen MR) is 79.6 cm³/mol. The largest absolute Gasteiger partial charge is 0.338 e. The number of piperidine rings is 1. The van der Waals surface area contributed by atoms with Crippen molar-refractivity contribution in [3.8, 4) is 0 Å². The van der Waals surface area contributed by atoms with Crippen LogP contribution in [0.1, 0.15) is 44.3 Å².